The fourth-order valence-corrected chi connectivity index (χ4v) is 1.35. The lowest BCUT2D eigenvalue weighted by atomic mass is 9.88. The van der Waals surface area contributed by atoms with Gasteiger partial charge in [-0.2, -0.15) is 0 Å². The van der Waals surface area contributed by atoms with Gasteiger partial charge in [-0.05, 0) is 12.3 Å². The number of hydrogen-bond acceptors (Lipinski definition) is 4. The van der Waals surface area contributed by atoms with E-state index in [1.807, 2.05) is 6.92 Å². The van der Waals surface area contributed by atoms with Crippen molar-refractivity contribution in [2.75, 3.05) is 12.8 Å². The summed E-state index contributed by atoms with van der Waals surface area (Å²) in [5.74, 6) is -0.147. The zero-order valence-electron chi connectivity index (χ0n) is 10.4. The van der Waals surface area contributed by atoms with Gasteiger partial charge in [0, 0.05) is 6.04 Å². The van der Waals surface area contributed by atoms with E-state index in [1.165, 1.54) is 7.11 Å². The third-order valence-corrected chi connectivity index (χ3v) is 2.88. The summed E-state index contributed by atoms with van der Waals surface area (Å²) in [6.07, 6.45) is 1.58. The van der Waals surface area contributed by atoms with Crippen molar-refractivity contribution in [3.05, 3.63) is 12.0 Å². The molecule has 0 spiro atoms. The van der Waals surface area contributed by atoms with Crippen LogP contribution < -0.4 is 5.73 Å². The number of carbonyl (C=O) groups is 1. The number of methoxy groups -OCH3 is 1. The van der Waals surface area contributed by atoms with Gasteiger partial charge in [-0.25, -0.2) is 9.78 Å². The Balaban J connectivity index is 3.10. The van der Waals surface area contributed by atoms with Crippen molar-refractivity contribution in [1.29, 1.82) is 0 Å². The molecule has 0 aromatic carbocycles. The molecule has 0 aliphatic carbocycles. The van der Waals surface area contributed by atoms with Crippen molar-refractivity contribution in [2.45, 2.75) is 33.7 Å². The molecule has 5 heteroatoms. The molecule has 1 aromatic heterocycles. The highest BCUT2D eigenvalue weighted by Gasteiger charge is 2.26. The topological polar surface area (TPSA) is 70.1 Å². The molecule has 0 amide bonds. The molecule has 1 heterocycles. The molecule has 5 nitrogen and oxygen atoms in total. The maximum Gasteiger partial charge on any atom is 0.360 e. The Kier molecular flexibility index (Phi) is 3.26. The second-order valence-corrected chi connectivity index (χ2v) is 4.92. The summed E-state index contributed by atoms with van der Waals surface area (Å²) in [4.78, 5) is 15.3. The number of nitrogens with zero attached hydrogens (tertiary/aromatic N) is 2. The number of nitrogen functional groups attached to an aromatic ring is 1. The third-order valence-electron chi connectivity index (χ3n) is 2.88. The van der Waals surface area contributed by atoms with E-state index in [-0.39, 0.29) is 17.2 Å². The quantitative estimate of drug-likeness (QED) is 0.780. The van der Waals surface area contributed by atoms with E-state index in [2.05, 4.69) is 30.5 Å². The maximum absolute atomic E-state index is 11.3. The molecular weight excluding hydrogens is 206 g/mol. The van der Waals surface area contributed by atoms with Crippen molar-refractivity contribution in [3.63, 3.8) is 0 Å². The molecule has 0 fully saturated rings. The predicted octanol–water partition coefficient (Wildman–Crippen LogP) is 1.86. The molecule has 16 heavy (non-hydrogen) atoms. The highest BCUT2D eigenvalue weighted by atomic mass is 16.5. The number of ether oxygens (including phenoxy) is 1. The Morgan fingerprint density at radius 3 is 2.56 bits per heavy atom. The first-order valence-corrected chi connectivity index (χ1v) is 5.19. The molecule has 0 aliphatic rings. The molecule has 2 N–H and O–H groups in total. The second-order valence-electron chi connectivity index (χ2n) is 4.92. The number of nitrogens with two attached hydrogens (primary N) is 1. The third kappa shape index (κ3) is 2.18. The van der Waals surface area contributed by atoms with E-state index in [9.17, 15) is 4.79 Å². The first-order valence-electron chi connectivity index (χ1n) is 5.19. The largest absolute Gasteiger partial charge is 0.464 e. The number of anilines is 1. The van der Waals surface area contributed by atoms with Gasteiger partial charge >= 0.3 is 5.97 Å². The number of hydrogen-bond donors (Lipinski definition) is 1. The minimum Gasteiger partial charge on any atom is -0.464 e. The number of esters is 1. The Labute approximate surface area is 95.6 Å². The zero-order valence-corrected chi connectivity index (χ0v) is 10.4. The van der Waals surface area contributed by atoms with E-state index >= 15 is 0 Å². The Hall–Kier alpha value is -1.52. The van der Waals surface area contributed by atoms with Gasteiger partial charge in [-0.3, -0.25) is 0 Å². The summed E-state index contributed by atoms with van der Waals surface area (Å²) in [5, 5.41) is 0. The average molecular weight is 225 g/mol. The van der Waals surface area contributed by atoms with E-state index in [4.69, 9.17) is 5.73 Å². The van der Waals surface area contributed by atoms with Crippen LogP contribution in [0.2, 0.25) is 0 Å². The molecule has 90 valence electrons. The summed E-state index contributed by atoms with van der Waals surface area (Å²) in [6.45, 7) is 8.36. The molecule has 0 radical (unpaired) electrons. The van der Waals surface area contributed by atoms with Crippen molar-refractivity contribution in [1.82, 2.24) is 9.55 Å². The van der Waals surface area contributed by atoms with Crippen LogP contribution in [-0.4, -0.2) is 22.6 Å². The number of aromatic nitrogens is 2. The molecular formula is C11H19N3O2. The van der Waals surface area contributed by atoms with Gasteiger partial charge in [0.2, 0.25) is 0 Å². The highest BCUT2D eigenvalue weighted by Crippen LogP contribution is 2.32. The fraction of sp³-hybridized carbons (Fsp3) is 0.636. The summed E-state index contributed by atoms with van der Waals surface area (Å²) < 4.78 is 6.40. The molecule has 1 unspecified atom stereocenters. The number of rotatable bonds is 2. The van der Waals surface area contributed by atoms with E-state index in [0.29, 0.717) is 5.82 Å². The summed E-state index contributed by atoms with van der Waals surface area (Å²) in [5.41, 5.74) is 6.10. The zero-order chi connectivity index (χ0) is 12.5. The standard InChI is InChI=1S/C11H19N3O2/c1-7(11(2,3)4)14-6-13-8(9(14)12)10(15)16-5/h6-7H,12H2,1-5H3. The summed E-state index contributed by atoms with van der Waals surface area (Å²) in [7, 11) is 1.31. The van der Waals surface area contributed by atoms with Crippen molar-refractivity contribution in [3.8, 4) is 0 Å². The van der Waals surface area contributed by atoms with Gasteiger partial charge in [0.25, 0.3) is 0 Å². The first kappa shape index (κ1) is 12.5. The Bertz CT molecular complexity index is 390. The van der Waals surface area contributed by atoms with Gasteiger partial charge < -0.3 is 15.0 Å². The van der Waals surface area contributed by atoms with Crippen molar-refractivity contribution >= 4 is 11.8 Å². The molecule has 0 saturated heterocycles. The van der Waals surface area contributed by atoms with Crippen LogP contribution in [0.25, 0.3) is 0 Å². The lowest BCUT2D eigenvalue weighted by Gasteiger charge is -2.29. The number of imidazole rings is 1. The predicted molar refractivity (Wildman–Crippen MR) is 62.1 cm³/mol. The molecule has 1 rings (SSSR count). The van der Waals surface area contributed by atoms with Gasteiger partial charge in [-0.1, -0.05) is 20.8 Å². The van der Waals surface area contributed by atoms with E-state index in [0.717, 1.165) is 0 Å². The number of carbonyl (C=O) groups excluding carboxylic acids is 1. The van der Waals surface area contributed by atoms with E-state index < -0.39 is 5.97 Å². The normalized spacial score (nSPS) is 13.6. The van der Waals surface area contributed by atoms with Crippen LogP contribution in [0.15, 0.2) is 6.33 Å². The van der Waals surface area contributed by atoms with Crippen LogP contribution in [0.4, 0.5) is 5.82 Å². The Morgan fingerprint density at radius 2 is 2.12 bits per heavy atom. The second kappa shape index (κ2) is 4.15. The maximum atomic E-state index is 11.3. The Morgan fingerprint density at radius 1 is 1.56 bits per heavy atom. The first-order chi connectivity index (χ1) is 7.29. The van der Waals surface area contributed by atoms with Crippen molar-refractivity contribution in [2.24, 2.45) is 5.41 Å². The lowest BCUT2D eigenvalue weighted by Crippen LogP contribution is -2.22. The van der Waals surface area contributed by atoms with Gasteiger partial charge in [0.05, 0.1) is 13.4 Å². The monoisotopic (exact) mass is 225 g/mol. The smallest absolute Gasteiger partial charge is 0.360 e. The van der Waals surface area contributed by atoms with Crippen LogP contribution in [0.3, 0.4) is 0 Å². The summed E-state index contributed by atoms with van der Waals surface area (Å²) in [6, 6.07) is 0.151. The van der Waals surface area contributed by atoms with Crippen LogP contribution in [0.5, 0.6) is 0 Å². The molecule has 1 atom stereocenters. The van der Waals surface area contributed by atoms with Gasteiger partial charge in [0.1, 0.15) is 5.82 Å². The summed E-state index contributed by atoms with van der Waals surface area (Å²) >= 11 is 0. The molecule has 0 bridgehead atoms. The van der Waals surface area contributed by atoms with Crippen molar-refractivity contribution < 1.29 is 9.53 Å². The van der Waals surface area contributed by atoms with Crippen LogP contribution in [-0.2, 0) is 4.74 Å². The minimum atomic E-state index is -0.502. The van der Waals surface area contributed by atoms with Crippen LogP contribution in [0.1, 0.15) is 44.2 Å². The minimum absolute atomic E-state index is 0.0439. The molecule has 0 saturated carbocycles. The average Bonchev–Trinajstić information content (AvgIpc) is 2.56. The fourth-order valence-electron chi connectivity index (χ4n) is 1.35. The SMILES string of the molecule is COC(=O)c1ncn(C(C)C(C)(C)C)c1N. The highest BCUT2D eigenvalue weighted by molar-refractivity contribution is 5.92. The van der Waals surface area contributed by atoms with E-state index in [1.54, 1.807) is 10.9 Å². The van der Waals surface area contributed by atoms with Gasteiger partial charge in [-0.15, -0.1) is 0 Å². The molecule has 0 aliphatic heterocycles. The lowest BCUT2D eigenvalue weighted by molar-refractivity contribution is 0.0595. The van der Waals surface area contributed by atoms with Crippen LogP contribution in [0, 0.1) is 5.41 Å². The van der Waals surface area contributed by atoms with Crippen LogP contribution >= 0.6 is 0 Å². The molecule has 1 aromatic rings. The van der Waals surface area contributed by atoms with Gasteiger partial charge in [0.15, 0.2) is 5.69 Å².